The molecule has 8 atom stereocenters. The molecule has 3 saturated heterocycles. The van der Waals surface area contributed by atoms with Gasteiger partial charge in [0.1, 0.15) is 36.1 Å². The zero-order chi connectivity index (χ0) is 65.1. The number of hydrogen-bond donors (Lipinski definition) is 8. The number of nitrogens with one attached hydrogen (secondary N) is 4. The third-order valence-corrected chi connectivity index (χ3v) is 16.6. The Morgan fingerprint density at radius 1 is 0.843 bits per heavy atom. The highest BCUT2D eigenvalue weighted by Gasteiger charge is 2.44. The summed E-state index contributed by atoms with van der Waals surface area (Å²) in [7, 11) is 0. The number of ketones is 1. The average Bonchev–Trinajstić information content (AvgIpc) is 2.02. The molecule has 4 aliphatic heterocycles. The van der Waals surface area contributed by atoms with E-state index in [1.165, 1.54) is 23.0 Å². The Kier molecular flexibility index (Phi) is 23.1. The number of cyclic esters (lactones) is 1. The summed E-state index contributed by atoms with van der Waals surface area (Å²) in [6, 6.07) is 15.0. The van der Waals surface area contributed by atoms with Crippen LogP contribution in [0.15, 0.2) is 72.8 Å². The van der Waals surface area contributed by atoms with E-state index >= 15 is 0 Å². The van der Waals surface area contributed by atoms with Crippen LogP contribution in [0.3, 0.4) is 0 Å². The number of aromatic nitrogens is 2. The van der Waals surface area contributed by atoms with Gasteiger partial charge in [-0.15, -0.1) is 0 Å². The van der Waals surface area contributed by atoms with Crippen LogP contribution in [-0.4, -0.2) is 163 Å². The molecule has 0 unspecified atom stereocenters. The van der Waals surface area contributed by atoms with E-state index in [9.17, 15) is 58.8 Å². The zero-order valence-corrected chi connectivity index (χ0v) is 52.3. The van der Waals surface area contributed by atoms with Crippen molar-refractivity contribution < 1.29 is 77.7 Å². The molecule has 482 valence electrons. The topological polar surface area (TPSA) is 335 Å². The molecule has 0 radical (unpaired) electrons. The number of fused-ring (bicyclic) bond motifs is 5. The molecule has 4 amide bonds. The second-order valence-corrected chi connectivity index (χ2v) is 24.7. The van der Waals surface area contributed by atoms with Crippen LogP contribution < -0.4 is 21.5 Å². The molecule has 6 heterocycles. The number of Topliss-reactive ketones (excluding diaryl/α,β-unsaturated/α-hetero) is 1. The van der Waals surface area contributed by atoms with Gasteiger partial charge in [0.2, 0.25) is 11.8 Å². The SMILES string of the molecule is CC(C)[C@@H]1CC(=O)C(CO)(CO)/C=C/c2ccc3ccc(nc3c2)[C@@H](C)OC(=O)[C@@H]2CCCN(N2)C(=O)[C@H](C)NC1=O.CC(C)[C@H](CC(=O)OC1(/C=C/c2ccc3ccc([C@@H](C)O)nc3c2)COC(C)(C)OC1)C(=O)N[C@@H](C)C(=O)N1CCC[C@@H](C(=O)O)N1. The molecule has 2 aromatic heterocycles. The first-order chi connectivity index (χ1) is 42.0. The first-order valence-electron chi connectivity index (χ1n) is 30.4. The Morgan fingerprint density at radius 3 is 2.15 bits per heavy atom. The van der Waals surface area contributed by atoms with Crippen molar-refractivity contribution in [1.82, 2.24) is 41.5 Å². The summed E-state index contributed by atoms with van der Waals surface area (Å²) >= 11 is 0. The average molecular weight is 1240 g/mol. The van der Waals surface area contributed by atoms with E-state index in [0.717, 1.165) is 16.3 Å². The summed E-state index contributed by atoms with van der Waals surface area (Å²) in [5.74, 6) is -7.62. The van der Waals surface area contributed by atoms with Gasteiger partial charge in [-0.2, -0.15) is 0 Å². The van der Waals surface area contributed by atoms with E-state index in [4.69, 9.17) is 18.9 Å². The van der Waals surface area contributed by atoms with Gasteiger partial charge in [-0.05, 0) is 121 Å². The standard InChI is InChI=1S/C34H46N4O9.C31H40N4O7/c1-20(2)25(30(41)35-21(3)31(42)38-15-7-8-27(37-38)32(43)44)17-29(40)47-34(18-45-33(5,6)46-19-34)14-13-23-9-10-24-11-12-26(22(4)39)36-28(24)16-23;1-18(2)23-15-27(38)31(16-36,17-37)12-11-21-7-8-22-9-10-24(33-26(22)14-21)20(4)42-30(41)25-6-5-13-35(34-25)29(40)19(3)32-28(23)39/h9-14,16,20-22,25,27,37,39H,7-8,15,17-19H2,1-6H3,(H,35,41)(H,43,44);7-12,14,18-20,23,25,34,36-37H,5-6,13,15-17H2,1-4H3,(H,32,39)/b14-13+;12-11+/t21-,22+,25-,27-;19-,20+,23-,25-/m00/s1. The van der Waals surface area contributed by atoms with E-state index in [0.29, 0.717) is 66.8 Å². The lowest BCUT2D eigenvalue weighted by atomic mass is 9.77. The van der Waals surface area contributed by atoms with Crippen LogP contribution in [0, 0.1) is 29.1 Å². The molecule has 89 heavy (non-hydrogen) atoms. The minimum atomic E-state index is -1.62. The molecule has 3 fully saturated rings. The first kappa shape index (κ1) is 68.9. The number of carbonyl (C=O) groups excluding carboxylic acids is 7. The monoisotopic (exact) mass is 1230 g/mol. The second kappa shape index (κ2) is 29.8. The van der Waals surface area contributed by atoms with E-state index in [1.807, 2.05) is 42.5 Å². The van der Waals surface area contributed by atoms with Gasteiger partial charge in [0, 0.05) is 36.2 Å². The maximum Gasteiger partial charge on any atom is 0.325 e. The minimum Gasteiger partial charge on any atom is -0.480 e. The third kappa shape index (κ3) is 17.6. The summed E-state index contributed by atoms with van der Waals surface area (Å²) in [6.07, 6.45) is 6.68. The number of aliphatic hydroxyl groups excluding tert-OH is 3. The van der Waals surface area contributed by atoms with Crippen LogP contribution >= 0.6 is 0 Å². The highest BCUT2D eigenvalue weighted by molar-refractivity contribution is 5.95. The molecule has 5 bridgehead atoms. The molecule has 2 aromatic carbocycles. The van der Waals surface area contributed by atoms with Gasteiger partial charge in [-0.1, -0.05) is 82.3 Å². The fourth-order valence-corrected chi connectivity index (χ4v) is 10.7. The Bertz CT molecular complexity index is 3300. The van der Waals surface area contributed by atoms with Crippen molar-refractivity contribution in [1.29, 1.82) is 0 Å². The fraction of sp³-hybridized carbons (Fsp3) is 0.538. The second-order valence-electron chi connectivity index (χ2n) is 24.7. The lowest BCUT2D eigenvalue weighted by Crippen LogP contribution is -2.59. The van der Waals surface area contributed by atoms with Crippen molar-refractivity contribution in [3.05, 3.63) is 95.3 Å². The fourth-order valence-electron chi connectivity index (χ4n) is 10.7. The smallest absolute Gasteiger partial charge is 0.325 e. The van der Waals surface area contributed by atoms with Crippen LogP contribution in [0.2, 0.25) is 0 Å². The van der Waals surface area contributed by atoms with Crippen LogP contribution in [0.5, 0.6) is 0 Å². The molecule has 0 saturated carbocycles. The molecular weight excluding hydrogens is 1150 g/mol. The number of nitrogens with zero attached hydrogens (tertiary/aromatic N) is 4. The van der Waals surface area contributed by atoms with Gasteiger partial charge in [-0.3, -0.25) is 53.4 Å². The molecule has 8 N–H and O–H groups in total. The summed E-state index contributed by atoms with van der Waals surface area (Å²) in [4.78, 5) is 114. The molecule has 8 rings (SSSR count). The predicted molar refractivity (Wildman–Crippen MR) is 328 cm³/mol. The number of carboxylic acids is 1. The van der Waals surface area contributed by atoms with E-state index in [2.05, 4.69) is 31.5 Å². The van der Waals surface area contributed by atoms with E-state index in [-0.39, 0.29) is 37.9 Å². The summed E-state index contributed by atoms with van der Waals surface area (Å²) < 4.78 is 23.5. The van der Waals surface area contributed by atoms with Gasteiger partial charge in [0.05, 0.1) is 72.7 Å². The summed E-state index contributed by atoms with van der Waals surface area (Å²) in [5.41, 5.74) is 6.64. The normalized spacial score (nSPS) is 23.8. The Labute approximate surface area is 518 Å². The molecule has 0 aliphatic carbocycles. The number of carboxylic acid groups (broad SMARTS) is 1. The lowest BCUT2D eigenvalue weighted by molar-refractivity contribution is -0.293. The number of hydrogen-bond acceptors (Lipinski definition) is 19. The molecule has 0 spiro atoms. The number of esters is 2. The van der Waals surface area contributed by atoms with E-state index < -0.39 is 126 Å². The van der Waals surface area contributed by atoms with Gasteiger partial charge in [-0.25, -0.2) is 15.8 Å². The van der Waals surface area contributed by atoms with Crippen molar-refractivity contribution >= 4 is 81.3 Å². The van der Waals surface area contributed by atoms with Crippen molar-refractivity contribution in [3.63, 3.8) is 0 Å². The highest BCUT2D eigenvalue weighted by atomic mass is 16.7. The van der Waals surface area contributed by atoms with Crippen molar-refractivity contribution in [2.24, 2.45) is 29.1 Å². The maximum atomic E-state index is 13.5. The minimum absolute atomic E-state index is 0.0183. The van der Waals surface area contributed by atoms with Gasteiger partial charge in [0.15, 0.2) is 11.4 Å². The number of hydrazine groups is 2. The molecule has 4 aliphatic rings. The van der Waals surface area contributed by atoms with Crippen LogP contribution in [0.25, 0.3) is 34.0 Å². The third-order valence-electron chi connectivity index (χ3n) is 16.6. The van der Waals surface area contributed by atoms with Gasteiger partial charge in [0.25, 0.3) is 11.8 Å². The summed E-state index contributed by atoms with van der Waals surface area (Å²) in [6.45, 7) is 16.6. The number of benzene rings is 2. The Hall–Kier alpha value is -7.58. The van der Waals surface area contributed by atoms with Crippen LogP contribution in [0.4, 0.5) is 0 Å². The lowest BCUT2D eigenvalue weighted by Gasteiger charge is -2.41. The number of rotatable bonds is 14. The first-order valence-corrected chi connectivity index (χ1v) is 30.4. The number of ether oxygens (including phenoxy) is 4. The quantitative estimate of drug-likeness (QED) is 0.0754. The molecule has 4 aromatic rings. The van der Waals surface area contributed by atoms with Crippen molar-refractivity contribution in [2.75, 3.05) is 39.5 Å². The van der Waals surface area contributed by atoms with Gasteiger partial charge < -0.3 is 50.0 Å². The zero-order valence-electron chi connectivity index (χ0n) is 52.3. The maximum absolute atomic E-state index is 13.5. The summed E-state index contributed by atoms with van der Waals surface area (Å²) in [5, 5.41) is 49.5. The highest BCUT2D eigenvalue weighted by Crippen LogP contribution is 2.32. The van der Waals surface area contributed by atoms with Crippen LogP contribution in [-0.2, 0) is 57.3 Å². The van der Waals surface area contributed by atoms with Crippen LogP contribution in [0.1, 0.15) is 142 Å². The Balaban J connectivity index is 0.000000255. The van der Waals surface area contributed by atoms with Gasteiger partial charge >= 0.3 is 17.9 Å². The number of aliphatic carboxylic acids is 1. The number of carbonyl (C=O) groups is 8. The largest absolute Gasteiger partial charge is 0.480 e. The van der Waals surface area contributed by atoms with E-state index in [1.54, 1.807) is 98.7 Å². The number of aliphatic hydroxyl groups is 3. The van der Waals surface area contributed by atoms with Crippen molar-refractivity contribution in [2.45, 2.75) is 156 Å². The Morgan fingerprint density at radius 2 is 1.49 bits per heavy atom. The molecular formula is C65H86N8O16. The molecule has 24 nitrogen and oxygen atoms in total. The number of amides is 4. The number of pyridine rings is 2. The van der Waals surface area contributed by atoms with Crippen molar-refractivity contribution in [3.8, 4) is 0 Å². The molecule has 24 heteroatoms. The predicted octanol–water partition coefficient (Wildman–Crippen LogP) is 5.18.